The second-order valence-corrected chi connectivity index (χ2v) is 4.94. The van der Waals surface area contributed by atoms with Gasteiger partial charge in [0.1, 0.15) is 6.26 Å². The zero-order valence-electron chi connectivity index (χ0n) is 12.1. The third-order valence-corrected chi connectivity index (χ3v) is 2.64. The molecule has 0 fully saturated rings. The van der Waals surface area contributed by atoms with Gasteiger partial charge in [0.15, 0.2) is 0 Å². The predicted molar refractivity (Wildman–Crippen MR) is 72.8 cm³/mol. The first-order valence-corrected chi connectivity index (χ1v) is 6.48. The molecule has 5 heteroatoms. The van der Waals surface area contributed by atoms with E-state index in [4.69, 9.17) is 9.15 Å². The molecule has 0 aliphatic rings. The van der Waals surface area contributed by atoms with Gasteiger partial charge in [-0.3, -0.25) is 0 Å². The summed E-state index contributed by atoms with van der Waals surface area (Å²) >= 11 is 0. The van der Waals surface area contributed by atoms with Crippen LogP contribution in [0.3, 0.4) is 0 Å². The molecule has 1 aromatic heterocycles. The van der Waals surface area contributed by atoms with Gasteiger partial charge in [-0.05, 0) is 13.8 Å². The van der Waals surface area contributed by atoms with Gasteiger partial charge < -0.3 is 19.4 Å². The van der Waals surface area contributed by atoms with Crippen LogP contribution in [0.15, 0.2) is 10.7 Å². The van der Waals surface area contributed by atoms with Crippen molar-refractivity contribution in [1.29, 1.82) is 0 Å². The van der Waals surface area contributed by atoms with Crippen molar-refractivity contribution in [2.75, 3.05) is 25.2 Å². The number of anilines is 1. The molecule has 0 amide bonds. The van der Waals surface area contributed by atoms with Crippen molar-refractivity contribution in [2.45, 2.75) is 46.3 Å². The minimum atomic E-state index is 0.338. The van der Waals surface area contributed by atoms with Crippen LogP contribution in [0.5, 0.6) is 0 Å². The Morgan fingerprint density at radius 1 is 1.39 bits per heavy atom. The Labute approximate surface area is 110 Å². The lowest BCUT2D eigenvalue weighted by molar-refractivity contribution is 0.202. The molecular formula is C13H25N3O2. The van der Waals surface area contributed by atoms with Crippen molar-refractivity contribution in [3.05, 3.63) is 12.0 Å². The molecule has 1 N–H and O–H groups in total. The van der Waals surface area contributed by atoms with Crippen molar-refractivity contribution in [3.8, 4) is 0 Å². The molecule has 104 valence electrons. The summed E-state index contributed by atoms with van der Waals surface area (Å²) in [5.74, 6) is 0. The van der Waals surface area contributed by atoms with Gasteiger partial charge in [-0.2, -0.15) is 4.98 Å². The smallest absolute Gasteiger partial charge is 0.297 e. The first kappa shape index (κ1) is 15.0. The molecule has 1 aromatic rings. The lowest BCUT2D eigenvalue weighted by Crippen LogP contribution is -2.34. The first-order valence-electron chi connectivity index (χ1n) is 6.48. The summed E-state index contributed by atoms with van der Waals surface area (Å²) in [5, 5.41) is 3.32. The van der Waals surface area contributed by atoms with E-state index in [-0.39, 0.29) is 0 Å². The fourth-order valence-electron chi connectivity index (χ4n) is 1.58. The van der Waals surface area contributed by atoms with Crippen molar-refractivity contribution in [3.63, 3.8) is 0 Å². The molecule has 0 spiro atoms. The summed E-state index contributed by atoms with van der Waals surface area (Å²) in [6, 6.07) is 1.45. The van der Waals surface area contributed by atoms with Gasteiger partial charge in [0.25, 0.3) is 6.01 Å². The van der Waals surface area contributed by atoms with Crippen LogP contribution >= 0.6 is 0 Å². The number of methoxy groups -OCH3 is 1. The number of hydrogen-bond donors (Lipinski definition) is 1. The van der Waals surface area contributed by atoms with E-state index in [9.17, 15) is 0 Å². The lowest BCUT2D eigenvalue weighted by atomic mass is 10.3. The number of hydrogen-bond acceptors (Lipinski definition) is 5. The average Bonchev–Trinajstić information content (AvgIpc) is 2.75. The van der Waals surface area contributed by atoms with E-state index in [1.165, 1.54) is 0 Å². The number of ether oxygens (including phenoxy) is 1. The second-order valence-electron chi connectivity index (χ2n) is 4.94. The summed E-state index contributed by atoms with van der Waals surface area (Å²) in [4.78, 5) is 6.60. The normalized spacial score (nSPS) is 11.5. The van der Waals surface area contributed by atoms with Gasteiger partial charge >= 0.3 is 0 Å². The van der Waals surface area contributed by atoms with Crippen LogP contribution in [0.4, 0.5) is 6.01 Å². The molecule has 1 rings (SSSR count). The van der Waals surface area contributed by atoms with Crippen LogP contribution < -0.4 is 10.2 Å². The second kappa shape index (κ2) is 7.38. The monoisotopic (exact) mass is 255 g/mol. The summed E-state index contributed by atoms with van der Waals surface area (Å²) in [7, 11) is 1.70. The fraction of sp³-hybridized carbons (Fsp3) is 0.769. The van der Waals surface area contributed by atoms with E-state index in [0.29, 0.717) is 24.7 Å². The van der Waals surface area contributed by atoms with Crippen LogP contribution in [0.2, 0.25) is 0 Å². The van der Waals surface area contributed by atoms with E-state index in [0.717, 1.165) is 18.8 Å². The van der Waals surface area contributed by atoms with E-state index in [1.807, 2.05) is 0 Å². The van der Waals surface area contributed by atoms with E-state index < -0.39 is 0 Å². The average molecular weight is 255 g/mol. The molecular weight excluding hydrogens is 230 g/mol. The van der Waals surface area contributed by atoms with Crippen molar-refractivity contribution < 1.29 is 9.15 Å². The maximum atomic E-state index is 5.54. The minimum Gasteiger partial charge on any atom is -0.432 e. The number of aromatic nitrogens is 1. The summed E-state index contributed by atoms with van der Waals surface area (Å²) in [6.07, 6.45) is 1.72. The summed E-state index contributed by atoms with van der Waals surface area (Å²) in [6.45, 7) is 10.6. The quantitative estimate of drug-likeness (QED) is 0.770. The topological polar surface area (TPSA) is 50.5 Å². The molecule has 1 heterocycles. The molecule has 5 nitrogen and oxygen atoms in total. The molecule has 0 saturated carbocycles. The minimum absolute atomic E-state index is 0.338. The molecule has 18 heavy (non-hydrogen) atoms. The Balaban J connectivity index is 2.62. The van der Waals surface area contributed by atoms with Gasteiger partial charge in [-0.25, -0.2) is 0 Å². The lowest BCUT2D eigenvalue weighted by Gasteiger charge is -2.24. The Morgan fingerprint density at radius 3 is 2.67 bits per heavy atom. The third kappa shape index (κ3) is 4.66. The molecule has 0 saturated heterocycles. The van der Waals surface area contributed by atoms with E-state index >= 15 is 0 Å². The van der Waals surface area contributed by atoms with Crippen molar-refractivity contribution in [1.82, 2.24) is 10.3 Å². The number of nitrogens with one attached hydrogen (secondary N) is 1. The zero-order valence-corrected chi connectivity index (χ0v) is 12.1. The van der Waals surface area contributed by atoms with Gasteiger partial charge in [-0.1, -0.05) is 13.8 Å². The Hall–Kier alpha value is -1.07. The van der Waals surface area contributed by atoms with Gasteiger partial charge in [0.05, 0.1) is 12.3 Å². The number of nitrogens with zero attached hydrogens (tertiary/aromatic N) is 2. The predicted octanol–water partition coefficient (Wildman–Crippen LogP) is 2.03. The van der Waals surface area contributed by atoms with Gasteiger partial charge in [0, 0.05) is 32.3 Å². The van der Waals surface area contributed by atoms with E-state index in [2.05, 4.69) is 42.9 Å². The summed E-state index contributed by atoms with van der Waals surface area (Å²) in [5.41, 5.74) is 0.932. The Morgan fingerprint density at radius 2 is 2.11 bits per heavy atom. The molecule has 0 aliphatic carbocycles. The highest BCUT2D eigenvalue weighted by molar-refractivity contribution is 5.28. The standard InChI is InChI=1S/C13H25N3O2/c1-10(2)14-8-12-9-18-13(15-12)16(11(3)4)6-7-17-5/h9-11,14H,6-8H2,1-5H3. The molecule has 0 unspecified atom stereocenters. The molecule has 0 atom stereocenters. The highest BCUT2D eigenvalue weighted by Gasteiger charge is 2.16. The maximum absolute atomic E-state index is 5.54. The largest absolute Gasteiger partial charge is 0.432 e. The van der Waals surface area contributed by atoms with Crippen molar-refractivity contribution in [2.24, 2.45) is 0 Å². The molecule has 0 bridgehead atoms. The first-order chi connectivity index (χ1) is 8.54. The highest BCUT2D eigenvalue weighted by Crippen LogP contribution is 2.16. The summed E-state index contributed by atoms with van der Waals surface area (Å²) < 4.78 is 10.6. The van der Waals surface area contributed by atoms with E-state index in [1.54, 1.807) is 13.4 Å². The third-order valence-electron chi connectivity index (χ3n) is 2.64. The number of rotatable bonds is 8. The van der Waals surface area contributed by atoms with Crippen LogP contribution in [0.25, 0.3) is 0 Å². The van der Waals surface area contributed by atoms with Crippen molar-refractivity contribution >= 4 is 6.01 Å². The fourth-order valence-corrected chi connectivity index (χ4v) is 1.58. The number of oxazole rings is 1. The van der Waals surface area contributed by atoms with Gasteiger partial charge in [-0.15, -0.1) is 0 Å². The maximum Gasteiger partial charge on any atom is 0.297 e. The molecule has 0 radical (unpaired) electrons. The SMILES string of the molecule is COCCN(c1nc(CNC(C)C)co1)C(C)C. The van der Waals surface area contributed by atoms with Crippen LogP contribution in [-0.4, -0.2) is 37.3 Å². The highest BCUT2D eigenvalue weighted by atomic mass is 16.5. The Bertz CT molecular complexity index is 337. The Kier molecular flexibility index (Phi) is 6.15. The molecule has 0 aliphatic heterocycles. The zero-order chi connectivity index (χ0) is 13.5. The van der Waals surface area contributed by atoms with Crippen LogP contribution in [-0.2, 0) is 11.3 Å². The molecule has 0 aromatic carbocycles. The van der Waals surface area contributed by atoms with Crippen LogP contribution in [0.1, 0.15) is 33.4 Å². The van der Waals surface area contributed by atoms with Gasteiger partial charge in [0.2, 0.25) is 0 Å². The van der Waals surface area contributed by atoms with Crippen LogP contribution in [0, 0.1) is 0 Å².